The number of carbonyl (C=O) groups is 1. The second kappa shape index (κ2) is 7.56. The van der Waals surface area contributed by atoms with E-state index in [4.69, 9.17) is 18.9 Å². The van der Waals surface area contributed by atoms with Gasteiger partial charge in [0.25, 0.3) is 0 Å². The summed E-state index contributed by atoms with van der Waals surface area (Å²) in [5.74, 6) is -2.13. The van der Waals surface area contributed by atoms with E-state index in [1.54, 1.807) is 0 Å². The van der Waals surface area contributed by atoms with E-state index in [-0.39, 0.29) is 5.57 Å². The lowest BCUT2D eigenvalue weighted by molar-refractivity contribution is -0.325. The van der Waals surface area contributed by atoms with Crippen molar-refractivity contribution < 1.29 is 23.7 Å². The molecule has 0 aliphatic heterocycles. The van der Waals surface area contributed by atoms with Crippen LogP contribution < -0.4 is 0 Å². The fraction of sp³-hybridized carbons (Fsp3) is 0.700. The molecule has 0 fully saturated rings. The van der Waals surface area contributed by atoms with Crippen molar-refractivity contribution in [2.24, 2.45) is 0 Å². The zero-order valence-corrected chi connectivity index (χ0v) is 12.4. The molecule has 0 saturated heterocycles. The molecule has 0 spiro atoms. The van der Waals surface area contributed by atoms with Crippen molar-refractivity contribution in [1.29, 1.82) is 0 Å². The van der Waals surface area contributed by atoms with Crippen LogP contribution in [0, 0.1) is 0 Å². The number of ether oxygens (including phenoxy) is 4. The SMILES string of the molecule is C=C(C(=O)OCCC[SiH3])C(OC)(OC)OC. The molecular weight excluding hydrogens is 228 g/mol. The van der Waals surface area contributed by atoms with Crippen LogP contribution in [0.2, 0.25) is 6.04 Å². The van der Waals surface area contributed by atoms with Gasteiger partial charge < -0.3 is 18.9 Å². The molecule has 0 saturated carbocycles. The Bertz CT molecular complexity index is 229. The van der Waals surface area contributed by atoms with Crippen molar-refractivity contribution >= 4 is 16.2 Å². The van der Waals surface area contributed by atoms with Gasteiger partial charge in [0.1, 0.15) is 5.57 Å². The summed E-state index contributed by atoms with van der Waals surface area (Å²) in [5.41, 5.74) is -0.00616. The molecule has 94 valence electrons. The maximum Gasteiger partial charge on any atom is 0.341 e. The lowest BCUT2D eigenvalue weighted by atomic mass is 10.2. The van der Waals surface area contributed by atoms with Crippen LogP contribution >= 0.6 is 0 Å². The van der Waals surface area contributed by atoms with Gasteiger partial charge in [0.2, 0.25) is 0 Å². The van der Waals surface area contributed by atoms with Crippen LogP contribution in [0.3, 0.4) is 0 Å². The molecule has 16 heavy (non-hydrogen) atoms. The minimum absolute atomic E-state index is 0.00616. The highest BCUT2D eigenvalue weighted by Gasteiger charge is 2.38. The molecule has 0 N–H and O–H groups in total. The van der Waals surface area contributed by atoms with Crippen molar-refractivity contribution in [2.75, 3.05) is 27.9 Å². The maximum atomic E-state index is 11.6. The molecule has 0 radical (unpaired) electrons. The third kappa shape index (κ3) is 3.71. The standard InChI is InChI=1S/C10H20O5Si/c1-8(9(11)15-6-5-7-16)10(12-2,13-3)14-4/h1,5-7H2,2-4,16H3. The first-order chi connectivity index (χ1) is 7.57. The second-order valence-corrected chi connectivity index (χ2v) is 4.14. The highest BCUT2D eigenvalue weighted by atomic mass is 28.1. The Balaban J connectivity index is 4.44. The molecule has 0 heterocycles. The molecule has 0 amide bonds. The van der Waals surface area contributed by atoms with Crippen LogP contribution in [0.25, 0.3) is 0 Å². The van der Waals surface area contributed by atoms with E-state index >= 15 is 0 Å². The van der Waals surface area contributed by atoms with E-state index in [1.165, 1.54) is 21.3 Å². The normalized spacial score (nSPS) is 11.4. The van der Waals surface area contributed by atoms with Crippen molar-refractivity contribution in [3.63, 3.8) is 0 Å². The smallest absolute Gasteiger partial charge is 0.341 e. The molecule has 0 aliphatic rings. The molecule has 0 atom stereocenters. The van der Waals surface area contributed by atoms with E-state index in [1.807, 2.05) is 0 Å². The van der Waals surface area contributed by atoms with Gasteiger partial charge in [-0.3, -0.25) is 0 Å². The van der Waals surface area contributed by atoms with Crippen LogP contribution in [0.15, 0.2) is 12.2 Å². The van der Waals surface area contributed by atoms with Gasteiger partial charge in [0.05, 0.1) is 6.61 Å². The van der Waals surface area contributed by atoms with Gasteiger partial charge >= 0.3 is 11.9 Å². The number of rotatable bonds is 8. The lowest BCUT2D eigenvalue weighted by Crippen LogP contribution is -2.41. The fourth-order valence-corrected chi connectivity index (χ4v) is 1.43. The summed E-state index contributed by atoms with van der Waals surface area (Å²) in [6, 6.07) is 1.09. The Kier molecular flexibility index (Phi) is 7.23. The van der Waals surface area contributed by atoms with Gasteiger partial charge in [-0.15, -0.1) is 0 Å². The molecule has 5 nitrogen and oxygen atoms in total. The van der Waals surface area contributed by atoms with E-state index in [0.717, 1.165) is 22.7 Å². The van der Waals surface area contributed by atoms with Crippen LogP contribution in [-0.4, -0.2) is 50.1 Å². The largest absolute Gasteiger partial charge is 0.462 e. The van der Waals surface area contributed by atoms with Crippen LogP contribution in [0.5, 0.6) is 0 Å². The van der Waals surface area contributed by atoms with Crippen molar-refractivity contribution in [1.82, 2.24) is 0 Å². The molecule has 0 aromatic carbocycles. The van der Waals surface area contributed by atoms with Crippen LogP contribution in [0.4, 0.5) is 0 Å². The van der Waals surface area contributed by atoms with E-state index < -0.39 is 11.9 Å². The monoisotopic (exact) mass is 248 g/mol. The zero-order chi connectivity index (χ0) is 12.6. The molecular formula is C10H20O5Si. The minimum atomic E-state index is -1.56. The third-order valence-electron chi connectivity index (χ3n) is 2.15. The average molecular weight is 248 g/mol. The molecule has 0 unspecified atom stereocenters. The number of hydrogen-bond acceptors (Lipinski definition) is 5. The van der Waals surface area contributed by atoms with Gasteiger partial charge in [-0.1, -0.05) is 12.6 Å². The number of hydrogen-bond donors (Lipinski definition) is 0. The molecule has 0 aromatic heterocycles. The fourth-order valence-electron chi connectivity index (χ4n) is 1.14. The number of methoxy groups -OCH3 is 3. The third-order valence-corrected chi connectivity index (χ3v) is 2.86. The molecule has 0 aromatic rings. The first kappa shape index (κ1) is 15.3. The lowest BCUT2D eigenvalue weighted by Gasteiger charge is -2.29. The maximum absolute atomic E-state index is 11.6. The Morgan fingerprint density at radius 1 is 1.25 bits per heavy atom. The summed E-state index contributed by atoms with van der Waals surface area (Å²) in [5, 5.41) is 0. The Labute approximate surface area is 99.1 Å². The second-order valence-electron chi connectivity index (χ2n) is 3.14. The molecule has 0 aliphatic carbocycles. The summed E-state index contributed by atoms with van der Waals surface area (Å²) in [7, 11) is 5.19. The summed E-state index contributed by atoms with van der Waals surface area (Å²) in [6.07, 6.45) is 0.866. The Morgan fingerprint density at radius 3 is 2.12 bits per heavy atom. The predicted octanol–water partition coefficient (Wildman–Crippen LogP) is -0.147. The summed E-state index contributed by atoms with van der Waals surface area (Å²) < 4.78 is 20.0. The summed E-state index contributed by atoms with van der Waals surface area (Å²) in [6.45, 7) is 3.96. The van der Waals surface area contributed by atoms with Gasteiger partial charge in [-0.25, -0.2) is 4.79 Å². The van der Waals surface area contributed by atoms with Crippen molar-refractivity contribution in [3.8, 4) is 0 Å². The zero-order valence-electron chi connectivity index (χ0n) is 10.4. The van der Waals surface area contributed by atoms with Crippen LogP contribution in [0.1, 0.15) is 6.42 Å². The number of carbonyl (C=O) groups excluding carboxylic acids is 1. The first-order valence-electron chi connectivity index (χ1n) is 5.09. The molecule has 0 bridgehead atoms. The predicted molar refractivity (Wildman–Crippen MR) is 63.2 cm³/mol. The highest BCUT2D eigenvalue weighted by molar-refractivity contribution is 6.08. The Morgan fingerprint density at radius 2 is 1.75 bits per heavy atom. The van der Waals surface area contributed by atoms with E-state index in [0.29, 0.717) is 6.61 Å². The summed E-state index contributed by atoms with van der Waals surface area (Å²) >= 11 is 0. The molecule has 6 heteroatoms. The van der Waals surface area contributed by atoms with Crippen molar-refractivity contribution in [2.45, 2.75) is 18.4 Å². The number of esters is 1. The summed E-state index contributed by atoms with van der Waals surface area (Å²) in [4.78, 5) is 11.6. The van der Waals surface area contributed by atoms with E-state index in [2.05, 4.69) is 6.58 Å². The first-order valence-corrected chi connectivity index (χ1v) is 6.51. The van der Waals surface area contributed by atoms with Crippen LogP contribution in [-0.2, 0) is 23.7 Å². The Hall–Kier alpha value is -0.693. The van der Waals surface area contributed by atoms with Gasteiger partial charge in [0.15, 0.2) is 0 Å². The van der Waals surface area contributed by atoms with E-state index in [9.17, 15) is 4.79 Å². The highest BCUT2D eigenvalue weighted by Crippen LogP contribution is 2.22. The molecule has 0 rings (SSSR count). The van der Waals surface area contributed by atoms with Gasteiger partial charge in [0, 0.05) is 31.6 Å². The van der Waals surface area contributed by atoms with Crippen molar-refractivity contribution in [3.05, 3.63) is 12.2 Å². The topological polar surface area (TPSA) is 54.0 Å². The average Bonchev–Trinajstić information content (AvgIpc) is 2.32. The van der Waals surface area contributed by atoms with Gasteiger partial charge in [-0.05, 0) is 6.42 Å². The quantitative estimate of drug-likeness (QED) is 0.197. The minimum Gasteiger partial charge on any atom is -0.462 e. The van der Waals surface area contributed by atoms with Gasteiger partial charge in [-0.2, -0.15) is 0 Å².